The van der Waals surface area contributed by atoms with Crippen LogP contribution in [0.1, 0.15) is 42.1 Å². The van der Waals surface area contributed by atoms with Crippen LogP contribution in [0, 0.1) is 6.92 Å². The van der Waals surface area contributed by atoms with Crippen molar-refractivity contribution in [3.63, 3.8) is 0 Å². The van der Waals surface area contributed by atoms with Crippen LogP contribution < -0.4 is 5.32 Å². The zero-order valence-corrected chi connectivity index (χ0v) is 12.1. The van der Waals surface area contributed by atoms with E-state index >= 15 is 0 Å². The highest BCUT2D eigenvalue weighted by atomic mass is 32.1. The number of hydrogen-bond donors (Lipinski definition) is 1. The number of amides is 1. The molecular weight excluding hydrogens is 258 g/mol. The average Bonchev–Trinajstić information content (AvgIpc) is 2.92. The van der Waals surface area contributed by atoms with Gasteiger partial charge in [-0.2, -0.15) is 0 Å². The van der Waals surface area contributed by atoms with Gasteiger partial charge in [0, 0.05) is 17.3 Å². The minimum atomic E-state index is -0.139. The third kappa shape index (κ3) is 3.17. The topological polar surface area (TPSA) is 54.9 Å². The van der Waals surface area contributed by atoms with Crippen molar-refractivity contribution in [1.29, 1.82) is 0 Å². The van der Waals surface area contributed by atoms with Crippen molar-refractivity contribution in [2.45, 2.75) is 32.7 Å². The molecule has 2 aromatic rings. The van der Waals surface area contributed by atoms with Crippen molar-refractivity contribution in [3.05, 3.63) is 46.2 Å². The number of thiophene rings is 1. The van der Waals surface area contributed by atoms with Gasteiger partial charge in [-0.05, 0) is 32.2 Å². The van der Waals surface area contributed by atoms with Crippen LogP contribution in [0.4, 0.5) is 0 Å². The fourth-order valence-corrected chi connectivity index (χ4v) is 2.70. The number of nitrogens with one attached hydrogen (secondary N) is 1. The van der Waals surface area contributed by atoms with Crippen LogP contribution in [0.15, 0.2) is 29.9 Å². The second-order valence-electron chi connectivity index (χ2n) is 4.49. The van der Waals surface area contributed by atoms with E-state index in [1.807, 2.05) is 38.3 Å². The van der Waals surface area contributed by atoms with Gasteiger partial charge in [-0.1, -0.05) is 6.07 Å². The van der Waals surface area contributed by atoms with Gasteiger partial charge < -0.3 is 5.32 Å². The van der Waals surface area contributed by atoms with E-state index in [1.165, 1.54) is 0 Å². The average molecular weight is 275 g/mol. The molecule has 1 N–H and O–H groups in total. The first-order valence-electron chi connectivity index (χ1n) is 6.21. The smallest absolute Gasteiger partial charge is 0.228 e. The van der Waals surface area contributed by atoms with Crippen LogP contribution in [0.2, 0.25) is 0 Å². The molecule has 0 aliphatic rings. The van der Waals surface area contributed by atoms with E-state index in [0.29, 0.717) is 0 Å². The Bertz CT molecular complexity index is 554. The Hall–Kier alpha value is -1.75. The summed E-state index contributed by atoms with van der Waals surface area (Å²) in [4.78, 5) is 21.7. The molecule has 0 aromatic carbocycles. The first-order valence-corrected chi connectivity index (χ1v) is 7.09. The van der Waals surface area contributed by atoms with E-state index in [0.717, 1.165) is 16.3 Å². The largest absolute Gasteiger partial charge is 0.347 e. The molecule has 2 atom stereocenters. The van der Waals surface area contributed by atoms with Crippen molar-refractivity contribution in [3.8, 4) is 0 Å². The molecule has 0 radical (unpaired) electrons. The molecule has 0 aliphatic heterocycles. The number of aromatic nitrogens is 2. The SMILES string of the molecule is Cc1nccnc1[C@@H](C)NC(=O)C(C)c1cccs1. The highest BCUT2D eigenvalue weighted by Crippen LogP contribution is 2.22. The standard InChI is InChI=1S/C14H17N3OS/c1-9(12-5-4-8-19-12)14(18)17-11(3)13-10(2)15-6-7-16-13/h4-9,11H,1-3H3,(H,17,18)/t9?,11-/m1/s1. The van der Waals surface area contributed by atoms with Crippen molar-refractivity contribution in [1.82, 2.24) is 15.3 Å². The summed E-state index contributed by atoms with van der Waals surface area (Å²) < 4.78 is 0. The van der Waals surface area contributed by atoms with Gasteiger partial charge in [0.2, 0.25) is 5.91 Å². The highest BCUT2D eigenvalue weighted by Gasteiger charge is 2.20. The summed E-state index contributed by atoms with van der Waals surface area (Å²) in [7, 11) is 0. The van der Waals surface area contributed by atoms with Crippen molar-refractivity contribution >= 4 is 17.2 Å². The lowest BCUT2D eigenvalue weighted by atomic mass is 10.1. The molecule has 2 rings (SSSR count). The van der Waals surface area contributed by atoms with Gasteiger partial charge >= 0.3 is 0 Å². The maximum absolute atomic E-state index is 12.2. The molecule has 1 amide bonds. The van der Waals surface area contributed by atoms with Gasteiger partial charge in [-0.15, -0.1) is 11.3 Å². The molecule has 5 heteroatoms. The Morgan fingerprint density at radius 1 is 1.32 bits per heavy atom. The van der Waals surface area contributed by atoms with E-state index in [1.54, 1.807) is 23.7 Å². The molecule has 2 heterocycles. The Labute approximate surface area is 116 Å². The highest BCUT2D eigenvalue weighted by molar-refractivity contribution is 7.10. The van der Waals surface area contributed by atoms with Gasteiger partial charge in [0.1, 0.15) is 0 Å². The zero-order valence-electron chi connectivity index (χ0n) is 11.3. The lowest BCUT2D eigenvalue weighted by molar-refractivity contribution is -0.122. The summed E-state index contributed by atoms with van der Waals surface area (Å²) in [5, 5.41) is 4.97. The maximum Gasteiger partial charge on any atom is 0.228 e. The molecule has 2 aromatic heterocycles. The van der Waals surface area contributed by atoms with Crippen molar-refractivity contribution in [2.75, 3.05) is 0 Å². The second kappa shape index (κ2) is 5.93. The van der Waals surface area contributed by atoms with E-state index in [9.17, 15) is 4.79 Å². The normalized spacial score (nSPS) is 13.8. The monoisotopic (exact) mass is 275 g/mol. The van der Waals surface area contributed by atoms with E-state index in [-0.39, 0.29) is 17.9 Å². The van der Waals surface area contributed by atoms with Crippen LogP contribution in [0.3, 0.4) is 0 Å². The van der Waals surface area contributed by atoms with Gasteiger partial charge in [-0.25, -0.2) is 0 Å². The lowest BCUT2D eigenvalue weighted by Crippen LogP contribution is -2.31. The molecule has 0 bridgehead atoms. The Kier molecular flexibility index (Phi) is 4.27. The molecule has 0 saturated carbocycles. The van der Waals surface area contributed by atoms with E-state index in [4.69, 9.17) is 0 Å². The number of aryl methyl sites for hydroxylation is 1. The van der Waals surface area contributed by atoms with Crippen LogP contribution in [0.5, 0.6) is 0 Å². The lowest BCUT2D eigenvalue weighted by Gasteiger charge is -2.17. The van der Waals surface area contributed by atoms with Gasteiger partial charge in [0.25, 0.3) is 0 Å². The fraction of sp³-hybridized carbons (Fsp3) is 0.357. The fourth-order valence-electron chi connectivity index (χ4n) is 1.92. The molecule has 4 nitrogen and oxygen atoms in total. The summed E-state index contributed by atoms with van der Waals surface area (Å²) in [6.07, 6.45) is 3.30. The van der Waals surface area contributed by atoms with Crippen LogP contribution in [0.25, 0.3) is 0 Å². The summed E-state index contributed by atoms with van der Waals surface area (Å²) in [5.41, 5.74) is 1.66. The van der Waals surface area contributed by atoms with Crippen LogP contribution in [-0.2, 0) is 4.79 Å². The minimum Gasteiger partial charge on any atom is -0.347 e. The predicted octanol–water partition coefficient (Wildman–Crippen LogP) is 2.83. The number of carbonyl (C=O) groups is 1. The first kappa shape index (κ1) is 13.7. The van der Waals surface area contributed by atoms with Gasteiger partial charge in [0.05, 0.1) is 23.3 Å². The molecule has 0 spiro atoms. The molecule has 1 unspecified atom stereocenters. The van der Waals surface area contributed by atoms with E-state index < -0.39 is 0 Å². The third-order valence-electron chi connectivity index (χ3n) is 3.05. The number of nitrogens with zero attached hydrogens (tertiary/aromatic N) is 2. The summed E-state index contributed by atoms with van der Waals surface area (Å²) in [5.74, 6) is -0.126. The number of rotatable bonds is 4. The quantitative estimate of drug-likeness (QED) is 0.933. The molecule has 0 aliphatic carbocycles. The van der Waals surface area contributed by atoms with Gasteiger partial charge in [-0.3, -0.25) is 14.8 Å². The third-order valence-corrected chi connectivity index (χ3v) is 4.11. The van der Waals surface area contributed by atoms with E-state index in [2.05, 4.69) is 15.3 Å². The summed E-state index contributed by atoms with van der Waals surface area (Å²) in [6.45, 7) is 5.74. The summed E-state index contributed by atoms with van der Waals surface area (Å²) in [6, 6.07) is 3.80. The Morgan fingerprint density at radius 3 is 2.68 bits per heavy atom. The predicted molar refractivity (Wildman–Crippen MR) is 76.1 cm³/mol. The number of carbonyl (C=O) groups excluding carboxylic acids is 1. The molecule has 100 valence electrons. The molecule has 19 heavy (non-hydrogen) atoms. The minimum absolute atomic E-state index is 0.0139. The summed E-state index contributed by atoms with van der Waals surface area (Å²) >= 11 is 1.60. The molecule has 0 saturated heterocycles. The molecule has 0 fully saturated rings. The number of hydrogen-bond acceptors (Lipinski definition) is 4. The van der Waals surface area contributed by atoms with Crippen LogP contribution >= 0.6 is 11.3 Å². The molecular formula is C14H17N3OS. The Balaban J connectivity index is 2.05. The zero-order chi connectivity index (χ0) is 13.8. The van der Waals surface area contributed by atoms with Crippen molar-refractivity contribution in [2.24, 2.45) is 0 Å². The van der Waals surface area contributed by atoms with Gasteiger partial charge in [0.15, 0.2) is 0 Å². The second-order valence-corrected chi connectivity index (χ2v) is 5.47. The first-order chi connectivity index (χ1) is 9.09. The van der Waals surface area contributed by atoms with Crippen molar-refractivity contribution < 1.29 is 4.79 Å². The van der Waals surface area contributed by atoms with Crippen LogP contribution in [-0.4, -0.2) is 15.9 Å². The Morgan fingerprint density at radius 2 is 2.05 bits per heavy atom. The maximum atomic E-state index is 12.2.